The topological polar surface area (TPSA) is 75.4 Å². The van der Waals surface area contributed by atoms with E-state index >= 15 is 0 Å². The number of hydrogen-bond acceptors (Lipinski definition) is 6. The van der Waals surface area contributed by atoms with Crippen LogP contribution >= 0.6 is 0 Å². The first-order chi connectivity index (χ1) is 15.1. The molecule has 0 N–H and O–H groups in total. The van der Waals surface area contributed by atoms with E-state index in [-0.39, 0.29) is 5.91 Å². The summed E-state index contributed by atoms with van der Waals surface area (Å²) in [7, 11) is 0. The zero-order valence-electron chi connectivity index (χ0n) is 17.6. The third-order valence-electron chi connectivity index (χ3n) is 5.71. The second kappa shape index (κ2) is 7.83. The molecule has 1 aliphatic rings. The lowest BCUT2D eigenvalue weighted by atomic mass is 10.1. The van der Waals surface area contributed by atoms with Crippen LogP contribution in [-0.2, 0) is 0 Å². The molecule has 5 rings (SSSR count). The minimum Gasteiger partial charge on any atom is -0.361 e. The van der Waals surface area contributed by atoms with Gasteiger partial charge < -0.3 is 14.3 Å². The average molecular weight is 413 g/mol. The predicted octanol–water partition coefficient (Wildman–Crippen LogP) is 3.86. The molecule has 7 nitrogen and oxygen atoms in total. The van der Waals surface area contributed by atoms with Crippen LogP contribution in [0.5, 0.6) is 0 Å². The Morgan fingerprint density at radius 3 is 2.16 bits per heavy atom. The molecule has 0 bridgehead atoms. The average Bonchev–Trinajstić information content (AvgIpc) is 3.16. The number of hydrogen-bond donors (Lipinski definition) is 0. The molecule has 2 aromatic heterocycles. The number of aromatic nitrogens is 3. The number of piperazine rings is 1. The van der Waals surface area contributed by atoms with E-state index in [0.717, 1.165) is 28.1 Å². The standard InChI is InChI=1S/C24H23N5O2/c1-16-21(17(2)31-27-16)24(30)29-14-12-28(13-15-29)23-22(18-8-4-3-5-9-18)25-19-10-6-7-11-20(19)26-23/h3-11H,12-15H2,1-2H3. The summed E-state index contributed by atoms with van der Waals surface area (Å²) < 4.78 is 5.18. The van der Waals surface area contributed by atoms with Gasteiger partial charge in [-0.25, -0.2) is 9.97 Å². The molecule has 4 aromatic rings. The number of benzene rings is 2. The highest BCUT2D eigenvalue weighted by Gasteiger charge is 2.28. The van der Waals surface area contributed by atoms with Gasteiger partial charge in [-0.15, -0.1) is 0 Å². The molecule has 0 spiro atoms. The van der Waals surface area contributed by atoms with Gasteiger partial charge in [0.1, 0.15) is 17.0 Å². The van der Waals surface area contributed by atoms with Gasteiger partial charge in [0, 0.05) is 31.7 Å². The van der Waals surface area contributed by atoms with E-state index in [0.29, 0.717) is 43.2 Å². The molecule has 0 unspecified atom stereocenters. The molecule has 2 aromatic carbocycles. The highest BCUT2D eigenvalue weighted by atomic mass is 16.5. The monoisotopic (exact) mass is 413 g/mol. The number of anilines is 1. The van der Waals surface area contributed by atoms with E-state index in [1.54, 1.807) is 13.8 Å². The van der Waals surface area contributed by atoms with Crippen molar-refractivity contribution >= 4 is 22.8 Å². The first-order valence-electron chi connectivity index (χ1n) is 10.4. The molecule has 1 amide bonds. The van der Waals surface area contributed by atoms with Crippen LogP contribution < -0.4 is 4.90 Å². The molecule has 1 fully saturated rings. The Labute approximate surface area is 180 Å². The number of rotatable bonds is 3. The number of fused-ring (bicyclic) bond motifs is 1. The van der Waals surface area contributed by atoms with Gasteiger partial charge in [0.05, 0.1) is 16.7 Å². The van der Waals surface area contributed by atoms with Crippen molar-refractivity contribution in [3.8, 4) is 11.3 Å². The van der Waals surface area contributed by atoms with Crippen molar-refractivity contribution in [2.24, 2.45) is 0 Å². The van der Waals surface area contributed by atoms with Crippen molar-refractivity contribution in [1.29, 1.82) is 0 Å². The maximum atomic E-state index is 13.0. The molecule has 156 valence electrons. The van der Waals surface area contributed by atoms with E-state index in [9.17, 15) is 4.79 Å². The molecule has 0 saturated carbocycles. The van der Waals surface area contributed by atoms with Crippen molar-refractivity contribution in [3.05, 3.63) is 71.6 Å². The van der Waals surface area contributed by atoms with E-state index in [4.69, 9.17) is 14.5 Å². The first kappa shape index (κ1) is 19.2. The van der Waals surface area contributed by atoms with Crippen molar-refractivity contribution < 1.29 is 9.32 Å². The van der Waals surface area contributed by atoms with Gasteiger partial charge in [-0.1, -0.05) is 47.6 Å². The Bertz CT molecular complexity index is 1220. The summed E-state index contributed by atoms with van der Waals surface area (Å²) >= 11 is 0. The van der Waals surface area contributed by atoms with Gasteiger partial charge in [0.2, 0.25) is 0 Å². The molecule has 1 aliphatic heterocycles. The summed E-state index contributed by atoms with van der Waals surface area (Å²) in [5.74, 6) is 1.40. The van der Waals surface area contributed by atoms with E-state index in [1.165, 1.54) is 0 Å². The molecule has 1 saturated heterocycles. The zero-order valence-corrected chi connectivity index (χ0v) is 17.6. The highest BCUT2D eigenvalue weighted by Crippen LogP contribution is 2.30. The Morgan fingerprint density at radius 2 is 1.52 bits per heavy atom. The normalized spacial score (nSPS) is 14.3. The van der Waals surface area contributed by atoms with Crippen molar-refractivity contribution in [2.45, 2.75) is 13.8 Å². The van der Waals surface area contributed by atoms with Gasteiger partial charge in [-0.3, -0.25) is 4.79 Å². The van der Waals surface area contributed by atoms with E-state index < -0.39 is 0 Å². The van der Waals surface area contributed by atoms with Gasteiger partial charge in [-0.05, 0) is 26.0 Å². The van der Waals surface area contributed by atoms with Crippen LogP contribution in [0.3, 0.4) is 0 Å². The number of amides is 1. The Hall–Kier alpha value is -3.74. The predicted molar refractivity (Wildman–Crippen MR) is 119 cm³/mol. The number of aryl methyl sites for hydroxylation is 2. The highest BCUT2D eigenvalue weighted by molar-refractivity contribution is 5.96. The van der Waals surface area contributed by atoms with Crippen LogP contribution in [0.4, 0.5) is 5.82 Å². The number of carbonyl (C=O) groups is 1. The third-order valence-corrected chi connectivity index (χ3v) is 5.71. The fourth-order valence-corrected chi connectivity index (χ4v) is 4.07. The minimum atomic E-state index is -0.0243. The third kappa shape index (κ3) is 3.52. The van der Waals surface area contributed by atoms with E-state index in [2.05, 4.69) is 22.2 Å². The largest absolute Gasteiger partial charge is 0.361 e. The van der Waals surface area contributed by atoms with Crippen LogP contribution in [0.25, 0.3) is 22.3 Å². The Balaban J connectivity index is 1.45. The number of carbonyl (C=O) groups excluding carboxylic acids is 1. The van der Waals surface area contributed by atoms with Crippen LogP contribution in [0.1, 0.15) is 21.8 Å². The molecule has 31 heavy (non-hydrogen) atoms. The summed E-state index contributed by atoms with van der Waals surface area (Å²) in [5, 5.41) is 3.92. The van der Waals surface area contributed by atoms with Crippen LogP contribution in [0, 0.1) is 13.8 Å². The quantitative estimate of drug-likeness (QED) is 0.508. The summed E-state index contributed by atoms with van der Waals surface area (Å²) in [4.78, 5) is 27.0. The first-order valence-corrected chi connectivity index (χ1v) is 10.4. The van der Waals surface area contributed by atoms with Gasteiger partial charge in [-0.2, -0.15) is 0 Å². The van der Waals surface area contributed by atoms with Crippen LogP contribution in [0.15, 0.2) is 59.1 Å². The maximum absolute atomic E-state index is 13.0. The Kier molecular flexibility index (Phi) is 4.86. The van der Waals surface area contributed by atoms with Crippen molar-refractivity contribution in [3.63, 3.8) is 0 Å². The van der Waals surface area contributed by atoms with E-state index in [1.807, 2.05) is 47.4 Å². The maximum Gasteiger partial charge on any atom is 0.259 e. The summed E-state index contributed by atoms with van der Waals surface area (Å²) in [6, 6.07) is 18.0. The SMILES string of the molecule is Cc1noc(C)c1C(=O)N1CCN(c2nc3ccccc3nc2-c2ccccc2)CC1. The van der Waals surface area contributed by atoms with Crippen LogP contribution in [-0.4, -0.2) is 52.1 Å². The lowest BCUT2D eigenvalue weighted by molar-refractivity contribution is 0.0744. The summed E-state index contributed by atoms with van der Waals surface area (Å²) in [6.07, 6.45) is 0. The molecule has 0 atom stereocenters. The Morgan fingerprint density at radius 1 is 0.871 bits per heavy atom. The lowest BCUT2D eigenvalue weighted by Gasteiger charge is -2.36. The molecule has 7 heteroatoms. The minimum absolute atomic E-state index is 0.0243. The molecular weight excluding hydrogens is 390 g/mol. The van der Waals surface area contributed by atoms with Gasteiger partial charge in [0.25, 0.3) is 5.91 Å². The van der Waals surface area contributed by atoms with Gasteiger partial charge >= 0.3 is 0 Å². The summed E-state index contributed by atoms with van der Waals surface area (Å²) in [5.41, 5.74) is 4.85. The fraction of sp³-hybridized carbons (Fsp3) is 0.250. The molecule has 3 heterocycles. The molecule has 0 aliphatic carbocycles. The molecular formula is C24H23N5O2. The van der Waals surface area contributed by atoms with Crippen molar-refractivity contribution in [2.75, 3.05) is 31.1 Å². The number of nitrogens with zero attached hydrogens (tertiary/aromatic N) is 5. The second-order valence-corrected chi connectivity index (χ2v) is 7.73. The lowest BCUT2D eigenvalue weighted by Crippen LogP contribution is -2.49. The summed E-state index contributed by atoms with van der Waals surface area (Å²) in [6.45, 7) is 6.15. The van der Waals surface area contributed by atoms with Crippen molar-refractivity contribution in [1.82, 2.24) is 20.0 Å². The van der Waals surface area contributed by atoms with Gasteiger partial charge in [0.15, 0.2) is 5.82 Å². The zero-order chi connectivity index (χ0) is 21.4. The molecule has 0 radical (unpaired) electrons. The van der Waals surface area contributed by atoms with Crippen LogP contribution in [0.2, 0.25) is 0 Å². The smallest absolute Gasteiger partial charge is 0.259 e. The fourth-order valence-electron chi connectivity index (χ4n) is 4.07. The number of para-hydroxylation sites is 2. The second-order valence-electron chi connectivity index (χ2n) is 7.73.